The van der Waals surface area contributed by atoms with Crippen molar-refractivity contribution < 1.29 is 9.18 Å². The highest BCUT2D eigenvalue weighted by atomic mass is 127. The Kier molecular flexibility index (Phi) is 2.36. The van der Waals surface area contributed by atoms with Gasteiger partial charge in [-0.15, -0.1) is 0 Å². The Hall–Kier alpha value is -0.450. The number of rotatable bonds is 0. The topological polar surface area (TPSA) is 17.1 Å². The van der Waals surface area contributed by atoms with Gasteiger partial charge in [-0.25, -0.2) is 4.39 Å². The first-order chi connectivity index (χ1) is 6.18. The van der Waals surface area contributed by atoms with Gasteiger partial charge in [-0.3, -0.25) is 4.79 Å². The number of fused-ring (bicyclic) bond motifs is 1. The first-order valence-corrected chi connectivity index (χ1v) is 5.24. The molecule has 1 nitrogen and oxygen atoms in total. The molecule has 1 aromatic carbocycles. The highest BCUT2D eigenvalue weighted by Crippen LogP contribution is 2.26. The van der Waals surface area contributed by atoms with E-state index in [-0.39, 0.29) is 11.6 Å². The van der Waals surface area contributed by atoms with Crippen molar-refractivity contribution >= 4 is 28.4 Å². The van der Waals surface area contributed by atoms with Crippen LogP contribution in [0.2, 0.25) is 0 Å². The summed E-state index contributed by atoms with van der Waals surface area (Å²) in [7, 11) is 0. The van der Waals surface area contributed by atoms with Crippen molar-refractivity contribution in [3.63, 3.8) is 0 Å². The van der Waals surface area contributed by atoms with Crippen LogP contribution in [0.25, 0.3) is 0 Å². The average Bonchev–Trinajstić information content (AvgIpc) is 2.12. The first-order valence-electron chi connectivity index (χ1n) is 4.16. The minimum atomic E-state index is -0.164. The highest BCUT2D eigenvalue weighted by molar-refractivity contribution is 14.1. The van der Waals surface area contributed by atoms with Gasteiger partial charge in [0, 0.05) is 16.4 Å². The Labute approximate surface area is 89.5 Å². The maximum Gasteiger partial charge on any atom is 0.137 e. The van der Waals surface area contributed by atoms with Crippen LogP contribution in [0.5, 0.6) is 0 Å². The van der Waals surface area contributed by atoms with Crippen molar-refractivity contribution in [2.45, 2.75) is 19.3 Å². The second-order valence-corrected chi connectivity index (χ2v) is 4.36. The summed E-state index contributed by atoms with van der Waals surface area (Å²) in [6.07, 6.45) is 1.46. The van der Waals surface area contributed by atoms with E-state index in [0.29, 0.717) is 19.3 Å². The molecule has 0 fully saturated rings. The number of carbonyl (C=O) groups excluding carboxylic acids is 1. The van der Waals surface area contributed by atoms with Gasteiger partial charge in [0.25, 0.3) is 0 Å². The van der Waals surface area contributed by atoms with Crippen LogP contribution in [-0.2, 0) is 17.6 Å². The minimum absolute atomic E-state index is 0.164. The molecule has 0 heterocycles. The smallest absolute Gasteiger partial charge is 0.137 e. The Bertz CT molecular complexity index is 373. The van der Waals surface area contributed by atoms with Gasteiger partial charge in [0.05, 0.1) is 0 Å². The van der Waals surface area contributed by atoms with Gasteiger partial charge in [0.1, 0.15) is 11.6 Å². The van der Waals surface area contributed by atoms with Crippen LogP contribution in [-0.4, -0.2) is 5.78 Å². The SMILES string of the molecule is O=C1CCc2c(F)ccc(I)c2C1. The summed E-state index contributed by atoms with van der Waals surface area (Å²) in [5.74, 6) is 0.0546. The molecule has 0 radical (unpaired) electrons. The van der Waals surface area contributed by atoms with E-state index < -0.39 is 0 Å². The molecule has 1 aliphatic carbocycles. The summed E-state index contributed by atoms with van der Waals surface area (Å²) in [5, 5.41) is 0. The van der Waals surface area contributed by atoms with E-state index in [1.807, 2.05) is 0 Å². The van der Waals surface area contributed by atoms with Gasteiger partial charge in [-0.2, -0.15) is 0 Å². The lowest BCUT2D eigenvalue weighted by Crippen LogP contribution is -2.16. The zero-order valence-corrected chi connectivity index (χ0v) is 9.10. The molecule has 0 bridgehead atoms. The Balaban J connectivity index is 2.57. The predicted molar refractivity (Wildman–Crippen MR) is 56.1 cm³/mol. The molecule has 0 aliphatic heterocycles. The summed E-state index contributed by atoms with van der Waals surface area (Å²) in [6.45, 7) is 0. The first kappa shape index (κ1) is 9.12. The standard InChI is InChI=1S/C10H8FIO/c11-9-3-4-10(12)8-5-6(13)1-2-7(8)9/h3-4H,1-2,5H2. The number of Topliss-reactive ketones (excluding diaryl/α,β-unsaturated/α-hetero) is 1. The summed E-state index contributed by atoms with van der Waals surface area (Å²) in [5.41, 5.74) is 1.64. The average molecular weight is 290 g/mol. The molecule has 2 rings (SSSR count). The summed E-state index contributed by atoms with van der Waals surface area (Å²) < 4.78 is 14.3. The molecule has 0 unspecified atom stereocenters. The van der Waals surface area contributed by atoms with Crippen molar-refractivity contribution in [1.29, 1.82) is 0 Å². The zero-order chi connectivity index (χ0) is 9.42. The van der Waals surface area contributed by atoms with E-state index >= 15 is 0 Å². The van der Waals surface area contributed by atoms with Gasteiger partial charge in [-0.1, -0.05) is 0 Å². The van der Waals surface area contributed by atoms with Crippen LogP contribution in [0.15, 0.2) is 12.1 Å². The van der Waals surface area contributed by atoms with E-state index in [0.717, 1.165) is 14.7 Å². The van der Waals surface area contributed by atoms with Crippen LogP contribution in [0, 0.1) is 9.39 Å². The fourth-order valence-corrected chi connectivity index (χ4v) is 2.34. The van der Waals surface area contributed by atoms with Crippen molar-refractivity contribution in [2.75, 3.05) is 0 Å². The van der Waals surface area contributed by atoms with Gasteiger partial charge in [0.15, 0.2) is 0 Å². The van der Waals surface area contributed by atoms with E-state index in [9.17, 15) is 9.18 Å². The third-order valence-electron chi connectivity index (χ3n) is 2.34. The third kappa shape index (κ3) is 1.61. The van der Waals surface area contributed by atoms with Gasteiger partial charge in [0.2, 0.25) is 0 Å². The molecular weight excluding hydrogens is 282 g/mol. The zero-order valence-electron chi connectivity index (χ0n) is 6.94. The molecule has 68 valence electrons. The van der Waals surface area contributed by atoms with E-state index in [2.05, 4.69) is 22.6 Å². The number of halogens is 2. The number of hydrogen-bond donors (Lipinski definition) is 0. The third-order valence-corrected chi connectivity index (χ3v) is 3.36. The van der Waals surface area contributed by atoms with Crippen molar-refractivity contribution in [2.24, 2.45) is 0 Å². The van der Waals surface area contributed by atoms with Crippen molar-refractivity contribution in [3.05, 3.63) is 32.6 Å². The maximum absolute atomic E-state index is 13.3. The van der Waals surface area contributed by atoms with Gasteiger partial charge >= 0.3 is 0 Å². The van der Waals surface area contributed by atoms with Crippen molar-refractivity contribution in [1.82, 2.24) is 0 Å². The largest absolute Gasteiger partial charge is 0.299 e. The van der Waals surface area contributed by atoms with Crippen LogP contribution >= 0.6 is 22.6 Å². The maximum atomic E-state index is 13.3. The molecular formula is C10H8FIO. The molecule has 1 aromatic rings. The van der Waals surface area contributed by atoms with Gasteiger partial charge < -0.3 is 0 Å². The second kappa shape index (κ2) is 3.36. The minimum Gasteiger partial charge on any atom is -0.299 e. The fourth-order valence-electron chi connectivity index (χ4n) is 1.65. The lowest BCUT2D eigenvalue weighted by atomic mass is 9.90. The molecule has 0 spiro atoms. The molecule has 13 heavy (non-hydrogen) atoms. The molecule has 3 heteroatoms. The monoisotopic (exact) mass is 290 g/mol. The number of hydrogen-bond acceptors (Lipinski definition) is 1. The van der Waals surface area contributed by atoms with Crippen LogP contribution in [0.3, 0.4) is 0 Å². The molecule has 1 aliphatic rings. The quantitative estimate of drug-likeness (QED) is 0.671. The molecule has 0 saturated carbocycles. The van der Waals surface area contributed by atoms with E-state index in [4.69, 9.17) is 0 Å². The summed E-state index contributed by atoms with van der Waals surface area (Å²) in [6, 6.07) is 3.21. The van der Waals surface area contributed by atoms with Gasteiger partial charge in [-0.05, 0) is 52.3 Å². The molecule has 0 aromatic heterocycles. The lowest BCUT2D eigenvalue weighted by molar-refractivity contribution is -0.118. The van der Waals surface area contributed by atoms with Crippen LogP contribution < -0.4 is 0 Å². The lowest BCUT2D eigenvalue weighted by Gasteiger charge is -2.16. The molecule has 0 saturated heterocycles. The fraction of sp³-hybridized carbons (Fsp3) is 0.300. The summed E-state index contributed by atoms with van der Waals surface area (Å²) in [4.78, 5) is 11.2. The second-order valence-electron chi connectivity index (χ2n) is 3.20. The van der Waals surface area contributed by atoms with E-state index in [1.165, 1.54) is 6.07 Å². The number of ketones is 1. The highest BCUT2D eigenvalue weighted by Gasteiger charge is 2.20. The predicted octanol–water partition coefficient (Wildman–Crippen LogP) is 2.49. The van der Waals surface area contributed by atoms with E-state index in [1.54, 1.807) is 6.07 Å². The van der Waals surface area contributed by atoms with Crippen LogP contribution in [0.1, 0.15) is 17.5 Å². The molecule has 0 amide bonds. The Morgan fingerprint density at radius 3 is 2.77 bits per heavy atom. The Morgan fingerprint density at radius 1 is 1.23 bits per heavy atom. The molecule has 0 N–H and O–H groups in total. The molecule has 0 atom stereocenters. The van der Waals surface area contributed by atoms with Crippen LogP contribution in [0.4, 0.5) is 4.39 Å². The Morgan fingerprint density at radius 2 is 2.00 bits per heavy atom. The number of carbonyl (C=O) groups is 1. The number of benzene rings is 1. The normalized spacial score (nSPS) is 15.7. The summed E-state index contributed by atoms with van der Waals surface area (Å²) >= 11 is 2.15. The van der Waals surface area contributed by atoms with Crippen molar-refractivity contribution in [3.8, 4) is 0 Å².